The normalized spacial score (nSPS) is 25.4. The van der Waals surface area contributed by atoms with Gasteiger partial charge in [-0.15, -0.1) is 0 Å². The predicted octanol–water partition coefficient (Wildman–Crippen LogP) is 4.55. The molecule has 0 unspecified atom stereocenters. The van der Waals surface area contributed by atoms with Crippen molar-refractivity contribution in [3.63, 3.8) is 0 Å². The smallest absolute Gasteiger partial charge is 0.222 e. The van der Waals surface area contributed by atoms with Gasteiger partial charge < -0.3 is 9.64 Å². The topological polar surface area (TPSA) is 36.0 Å². The van der Waals surface area contributed by atoms with Gasteiger partial charge in [-0.1, -0.05) is 49.2 Å². The van der Waals surface area contributed by atoms with Crippen LogP contribution in [0.5, 0.6) is 0 Å². The Bertz CT molecular complexity index is 934. The van der Waals surface area contributed by atoms with Crippen molar-refractivity contribution in [2.45, 2.75) is 57.5 Å². The zero-order chi connectivity index (χ0) is 23.2. The van der Waals surface area contributed by atoms with E-state index in [-0.39, 0.29) is 0 Å². The Balaban J connectivity index is 1.24. The van der Waals surface area contributed by atoms with E-state index in [2.05, 4.69) is 57.2 Å². The minimum Gasteiger partial charge on any atom is -0.379 e. The number of hydrogen-bond donors (Lipinski definition) is 0. The molecule has 3 aliphatic rings. The summed E-state index contributed by atoms with van der Waals surface area (Å²) in [7, 11) is 0. The second-order valence-electron chi connectivity index (χ2n) is 10.5. The van der Waals surface area contributed by atoms with Crippen molar-refractivity contribution in [1.29, 1.82) is 0 Å². The average molecular weight is 464 g/mol. The van der Waals surface area contributed by atoms with Crippen LogP contribution in [-0.4, -0.2) is 79.1 Å². The highest BCUT2D eigenvalue weighted by atomic mass is 16.5. The monoisotopic (exact) mass is 463 g/mol. The summed E-state index contributed by atoms with van der Waals surface area (Å²) in [6, 6.07) is 16.1. The third kappa shape index (κ3) is 5.99. The number of benzene rings is 2. The molecule has 3 aliphatic heterocycles. The van der Waals surface area contributed by atoms with Gasteiger partial charge in [0.25, 0.3) is 0 Å². The van der Waals surface area contributed by atoms with Gasteiger partial charge in [0.05, 0.1) is 13.2 Å². The maximum atomic E-state index is 13.1. The maximum absolute atomic E-state index is 13.1. The lowest BCUT2D eigenvalue weighted by molar-refractivity contribution is -0.131. The molecule has 0 aromatic heterocycles. The highest BCUT2D eigenvalue weighted by molar-refractivity contribution is 5.83. The molecule has 3 fully saturated rings. The molecular weight excluding hydrogens is 422 g/mol. The Labute approximate surface area is 205 Å². The quantitative estimate of drug-likeness (QED) is 0.630. The number of rotatable bonds is 6. The lowest BCUT2D eigenvalue weighted by Crippen LogP contribution is -2.54. The van der Waals surface area contributed by atoms with E-state index in [0.29, 0.717) is 24.3 Å². The van der Waals surface area contributed by atoms with E-state index in [1.807, 2.05) is 0 Å². The molecule has 5 rings (SSSR count). The predicted molar refractivity (Wildman–Crippen MR) is 138 cm³/mol. The van der Waals surface area contributed by atoms with E-state index in [1.54, 1.807) is 0 Å². The third-order valence-electron chi connectivity index (χ3n) is 8.20. The number of hydrogen-bond acceptors (Lipinski definition) is 4. The summed E-state index contributed by atoms with van der Waals surface area (Å²) in [5.74, 6) is 0.928. The van der Waals surface area contributed by atoms with Crippen LogP contribution in [0.25, 0.3) is 10.8 Å². The van der Waals surface area contributed by atoms with Crippen molar-refractivity contribution >= 4 is 16.7 Å². The number of piperidine rings is 1. The van der Waals surface area contributed by atoms with E-state index in [4.69, 9.17) is 4.74 Å². The van der Waals surface area contributed by atoms with Crippen LogP contribution in [0.2, 0.25) is 0 Å². The van der Waals surface area contributed by atoms with Crippen molar-refractivity contribution < 1.29 is 9.53 Å². The van der Waals surface area contributed by atoms with Crippen LogP contribution in [0.3, 0.4) is 0 Å². The molecule has 0 saturated carbocycles. The largest absolute Gasteiger partial charge is 0.379 e. The van der Waals surface area contributed by atoms with Crippen LogP contribution in [0, 0.1) is 5.92 Å². The summed E-state index contributed by atoms with van der Waals surface area (Å²) in [6.07, 6.45) is 7.79. The number of ether oxygens (including phenoxy) is 1. The average Bonchev–Trinajstić information content (AvgIpc) is 3.18. The van der Waals surface area contributed by atoms with Gasteiger partial charge in [-0.3, -0.25) is 14.6 Å². The van der Waals surface area contributed by atoms with Crippen molar-refractivity contribution in [3.05, 3.63) is 48.0 Å². The summed E-state index contributed by atoms with van der Waals surface area (Å²) >= 11 is 0. The number of likely N-dealkylation sites (tertiary alicyclic amines) is 2. The number of nitrogens with zero attached hydrogens (tertiary/aromatic N) is 3. The first-order chi connectivity index (χ1) is 16.8. The summed E-state index contributed by atoms with van der Waals surface area (Å²) in [6.45, 7) is 8.89. The molecule has 5 nitrogen and oxygen atoms in total. The second kappa shape index (κ2) is 11.7. The molecule has 34 heavy (non-hydrogen) atoms. The minimum atomic E-state index is 0.384. The van der Waals surface area contributed by atoms with Gasteiger partial charge in [-0.2, -0.15) is 0 Å². The second-order valence-corrected chi connectivity index (χ2v) is 10.5. The first-order valence-corrected chi connectivity index (χ1v) is 13.6. The molecule has 0 spiro atoms. The van der Waals surface area contributed by atoms with Gasteiger partial charge in [0.1, 0.15) is 0 Å². The Morgan fingerprint density at radius 2 is 1.65 bits per heavy atom. The van der Waals surface area contributed by atoms with E-state index in [9.17, 15) is 4.79 Å². The molecule has 2 atom stereocenters. The van der Waals surface area contributed by atoms with E-state index in [0.717, 1.165) is 65.4 Å². The highest BCUT2D eigenvalue weighted by Gasteiger charge is 2.34. The van der Waals surface area contributed by atoms with Crippen molar-refractivity contribution in [2.75, 3.05) is 52.5 Å². The molecule has 2 aromatic carbocycles. The number of carbonyl (C=O) groups excluding carboxylic acids is 1. The Morgan fingerprint density at radius 3 is 2.44 bits per heavy atom. The fourth-order valence-corrected chi connectivity index (χ4v) is 6.29. The maximum Gasteiger partial charge on any atom is 0.222 e. The molecule has 0 bridgehead atoms. The lowest BCUT2D eigenvalue weighted by atomic mass is 9.86. The molecule has 0 N–H and O–H groups in total. The molecule has 2 aromatic rings. The number of fused-ring (bicyclic) bond motifs is 1. The van der Waals surface area contributed by atoms with Crippen molar-refractivity contribution in [3.8, 4) is 0 Å². The number of carbonyl (C=O) groups is 1. The van der Waals surface area contributed by atoms with Crippen LogP contribution in [0.4, 0.5) is 0 Å². The summed E-state index contributed by atoms with van der Waals surface area (Å²) in [4.78, 5) is 20.5. The van der Waals surface area contributed by atoms with Crippen LogP contribution in [0.1, 0.15) is 50.5 Å². The van der Waals surface area contributed by atoms with Crippen LogP contribution >= 0.6 is 0 Å². The molecule has 5 heteroatoms. The van der Waals surface area contributed by atoms with Gasteiger partial charge in [-0.05, 0) is 60.5 Å². The van der Waals surface area contributed by atoms with Gasteiger partial charge in [-0.25, -0.2) is 0 Å². The Kier molecular flexibility index (Phi) is 8.15. The number of morpholine rings is 1. The molecule has 3 heterocycles. The molecular formula is C29H41N3O2. The first-order valence-electron chi connectivity index (χ1n) is 13.6. The van der Waals surface area contributed by atoms with Gasteiger partial charge in [0.2, 0.25) is 5.91 Å². The summed E-state index contributed by atoms with van der Waals surface area (Å²) in [5, 5.41) is 2.63. The van der Waals surface area contributed by atoms with Crippen LogP contribution in [0.15, 0.2) is 42.5 Å². The zero-order valence-corrected chi connectivity index (χ0v) is 20.7. The third-order valence-corrected chi connectivity index (χ3v) is 8.20. The van der Waals surface area contributed by atoms with Crippen LogP contribution in [-0.2, 0) is 16.1 Å². The van der Waals surface area contributed by atoms with Crippen molar-refractivity contribution in [1.82, 2.24) is 14.7 Å². The number of amides is 1. The minimum absolute atomic E-state index is 0.384. The first kappa shape index (κ1) is 23.8. The van der Waals surface area contributed by atoms with Crippen molar-refractivity contribution in [2.24, 2.45) is 5.92 Å². The van der Waals surface area contributed by atoms with Crippen LogP contribution < -0.4 is 0 Å². The standard InChI is InChI=1S/C29H41N3O2/c33-29(32-14-5-1-2-6-15-32)12-11-27-23-30(16-13-28(27)31-17-19-34-20-18-31)22-24-9-10-25-7-3-4-8-26(25)21-24/h3-4,7-10,21,27-28H,1-2,5-6,11-20,22-23H2/t27-,28+/m0/s1. The van der Waals surface area contributed by atoms with E-state index < -0.39 is 0 Å². The molecule has 0 radical (unpaired) electrons. The molecule has 184 valence electrons. The summed E-state index contributed by atoms with van der Waals surface area (Å²) < 4.78 is 5.64. The van der Waals surface area contributed by atoms with Gasteiger partial charge in [0, 0.05) is 51.7 Å². The summed E-state index contributed by atoms with van der Waals surface area (Å²) in [5.41, 5.74) is 1.39. The zero-order valence-electron chi connectivity index (χ0n) is 20.7. The van der Waals surface area contributed by atoms with E-state index >= 15 is 0 Å². The molecule has 0 aliphatic carbocycles. The fraction of sp³-hybridized carbons (Fsp3) is 0.621. The van der Waals surface area contributed by atoms with E-state index in [1.165, 1.54) is 48.4 Å². The highest BCUT2D eigenvalue weighted by Crippen LogP contribution is 2.29. The Hall–Kier alpha value is -1.95. The SMILES string of the molecule is O=C(CC[C@H]1CN(Cc2ccc3ccccc3c2)CC[C@H]1N1CCOCC1)N1CCCCCC1. The molecule has 1 amide bonds. The molecule has 3 saturated heterocycles. The fourth-order valence-electron chi connectivity index (χ4n) is 6.29. The lowest BCUT2D eigenvalue weighted by Gasteiger charge is -2.45. The Morgan fingerprint density at radius 1 is 0.882 bits per heavy atom. The van der Waals surface area contributed by atoms with Gasteiger partial charge >= 0.3 is 0 Å². The van der Waals surface area contributed by atoms with Gasteiger partial charge in [0.15, 0.2) is 0 Å².